The van der Waals surface area contributed by atoms with Gasteiger partial charge >= 0.3 is 5.97 Å². The van der Waals surface area contributed by atoms with E-state index in [-0.39, 0.29) is 36.5 Å². The molecule has 2 unspecified atom stereocenters. The van der Waals surface area contributed by atoms with E-state index >= 15 is 0 Å². The number of carbonyl (C=O) groups excluding carboxylic acids is 3. The molecule has 2 atom stereocenters. The number of likely N-dealkylation sites (N-methyl/N-ethyl adjacent to an activating group) is 1. The molecule has 0 radical (unpaired) electrons. The van der Waals surface area contributed by atoms with Crippen LogP contribution < -0.4 is 25.6 Å². The van der Waals surface area contributed by atoms with E-state index in [0.717, 1.165) is 11.3 Å². The molecule has 1 aliphatic rings. The number of rotatable bonds is 11. The van der Waals surface area contributed by atoms with Crippen LogP contribution in [0.3, 0.4) is 0 Å². The van der Waals surface area contributed by atoms with E-state index in [1.165, 1.54) is 12.0 Å². The standard InChI is InChI=1S/C35H34N4O6/c1-39(25-15-13-23(14-16-25)30(20-33(41)42)38-34(43)24-8-4-3-5-9-24)32(40)19-22-12-17-29(31(18-22)45-2)37-35(44)27-21-36-28-11-7-6-10-26(27)28/h3-18,27,30,36H,19-21H2,1-2H3,(H,37,44)(H,38,43)(H,41,42). The van der Waals surface area contributed by atoms with Gasteiger partial charge in [-0.1, -0.05) is 54.6 Å². The lowest BCUT2D eigenvalue weighted by atomic mass is 10.0. The van der Waals surface area contributed by atoms with Crippen LogP contribution in [0.1, 0.15) is 45.4 Å². The molecule has 0 saturated heterocycles. The van der Waals surface area contributed by atoms with Gasteiger partial charge in [-0.2, -0.15) is 0 Å². The third-order valence-corrected chi connectivity index (χ3v) is 7.81. The normalized spacial score (nSPS) is 14.0. The van der Waals surface area contributed by atoms with E-state index in [0.29, 0.717) is 40.4 Å². The molecule has 4 aromatic carbocycles. The van der Waals surface area contributed by atoms with Gasteiger partial charge in [-0.3, -0.25) is 19.2 Å². The molecule has 0 spiro atoms. The molecular formula is C35H34N4O6. The van der Waals surface area contributed by atoms with Crippen molar-refractivity contribution in [3.05, 3.63) is 119 Å². The van der Waals surface area contributed by atoms with Crippen molar-refractivity contribution in [3.8, 4) is 5.75 Å². The van der Waals surface area contributed by atoms with Gasteiger partial charge < -0.3 is 30.7 Å². The number of ether oxygens (including phenoxy) is 1. The van der Waals surface area contributed by atoms with E-state index in [1.807, 2.05) is 24.3 Å². The molecule has 230 valence electrons. The number of nitrogens with zero attached hydrogens (tertiary/aromatic N) is 1. The van der Waals surface area contributed by atoms with Crippen molar-refractivity contribution >= 4 is 40.8 Å². The Morgan fingerprint density at radius 2 is 1.67 bits per heavy atom. The lowest BCUT2D eigenvalue weighted by molar-refractivity contribution is -0.137. The summed E-state index contributed by atoms with van der Waals surface area (Å²) in [7, 11) is 3.17. The van der Waals surface area contributed by atoms with Gasteiger partial charge in [0.15, 0.2) is 0 Å². The molecule has 3 amide bonds. The summed E-state index contributed by atoms with van der Waals surface area (Å²) in [6.45, 7) is 0.510. The summed E-state index contributed by atoms with van der Waals surface area (Å²) in [4.78, 5) is 52.0. The van der Waals surface area contributed by atoms with Gasteiger partial charge in [0.1, 0.15) is 5.75 Å². The summed E-state index contributed by atoms with van der Waals surface area (Å²) in [6, 6.07) is 27.6. The third kappa shape index (κ3) is 7.30. The predicted octanol–water partition coefficient (Wildman–Crippen LogP) is 4.99. The number of methoxy groups -OCH3 is 1. The monoisotopic (exact) mass is 606 g/mol. The van der Waals surface area contributed by atoms with Gasteiger partial charge in [0.25, 0.3) is 5.91 Å². The molecule has 10 nitrogen and oxygen atoms in total. The van der Waals surface area contributed by atoms with Crippen LogP contribution in [0.5, 0.6) is 5.75 Å². The summed E-state index contributed by atoms with van der Waals surface area (Å²) in [6.07, 6.45) is -0.215. The third-order valence-electron chi connectivity index (χ3n) is 7.81. The zero-order chi connectivity index (χ0) is 31.9. The highest BCUT2D eigenvalue weighted by atomic mass is 16.5. The fraction of sp³-hybridized carbons (Fsp3) is 0.200. The van der Waals surface area contributed by atoms with E-state index in [9.17, 15) is 24.3 Å². The summed E-state index contributed by atoms with van der Waals surface area (Å²) >= 11 is 0. The molecule has 0 aliphatic carbocycles. The Labute approximate surface area is 261 Å². The van der Waals surface area contributed by atoms with Crippen LogP contribution in [0.2, 0.25) is 0 Å². The number of para-hydroxylation sites is 1. The summed E-state index contributed by atoms with van der Waals surface area (Å²) < 4.78 is 5.54. The molecule has 0 aromatic heterocycles. The van der Waals surface area contributed by atoms with E-state index in [2.05, 4.69) is 16.0 Å². The molecule has 1 aliphatic heterocycles. The zero-order valence-corrected chi connectivity index (χ0v) is 24.9. The fourth-order valence-corrected chi connectivity index (χ4v) is 5.31. The second kappa shape index (κ2) is 13.8. The molecule has 0 saturated carbocycles. The smallest absolute Gasteiger partial charge is 0.305 e. The number of aliphatic carboxylic acids is 1. The average molecular weight is 607 g/mol. The maximum atomic E-state index is 13.2. The molecule has 5 rings (SSSR count). The lowest BCUT2D eigenvalue weighted by Gasteiger charge is -2.21. The van der Waals surface area contributed by atoms with Gasteiger partial charge in [0.05, 0.1) is 37.6 Å². The maximum Gasteiger partial charge on any atom is 0.305 e. The number of hydrogen-bond acceptors (Lipinski definition) is 6. The SMILES string of the molecule is COc1cc(CC(=O)N(C)c2ccc(C(CC(=O)O)NC(=O)c3ccccc3)cc2)ccc1NC(=O)C1CNc2ccccc21. The molecule has 10 heteroatoms. The Bertz CT molecular complexity index is 1710. The van der Waals surface area contributed by atoms with Crippen LogP contribution in [-0.2, 0) is 20.8 Å². The fourth-order valence-electron chi connectivity index (χ4n) is 5.31. The van der Waals surface area contributed by atoms with Crippen molar-refractivity contribution in [2.45, 2.75) is 24.8 Å². The molecule has 0 bridgehead atoms. The molecule has 0 fully saturated rings. The highest BCUT2D eigenvalue weighted by Gasteiger charge is 2.29. The Morgan fingerprint density at radius 1 is 0.956 bits per heavy atom. The van der Waals surface area contributed by atoms with Gasteiger partial charge in [-0.25, -0.2) is 0 Å². The molecule has 4 aromatic rings. The Morgan fingerprint density at radius 3 is 2.38 bits per heavy atom. The highest BCUT2D eigenvalue weighted by molar-refractivity contribution is 6.00. The number of carboxylic acids is 1. The van der Waals surface area contributed by atoms with Gasteiger partial charge in [0, 0.05) is 30.5 Å². The van der Waals surface area contributed by atoms with E-state index in [1.54, 1.807) is 79.8 Å². The van der Waals surface area contributed by atoms with Crippen molar-refractivity contribution in [1.29, 1.82) is 0 Å². The first-order valence-corrected chi connectivity index (χ1v) is 14.5. The first-order chi connectivity index (χ1) is 21.7. The van der Waals surface area contributed by atoms with Crippen molar-refractivity contribution in [2.24, 2.45) is 0 Å². The Hall–Kier alpha value is -5.64. The van der Waals surface area contributed by atoms with E-state index < -0.39 is 12.0 Å². The summed E-state index contributed by atoms with van der Waals surface area (Å²) in [5.41, 5.74) is 4.75. The lowest BCUT2D eigenvalue weighted by Crippen LogP contribution is -2.30. The highest BCUT2D eigenvalue weighted by Crippen LogP contribution is 2.33. The largest absolute Gasteiger partial charge is 0.495 e. The van der Waals surface area contributed by atoms with Gasteiger partial charge in [-0.15, -0.1) is 0 Å². The minimum atomic E-state index is -1.05. The maximum absolute atomic E-state index is 13.2. The first kappa shape index (κ1) is 30.8. The second-order valence-electron chi connectivity index (χ2n) is 10.8. The number of hydrogen-bond donors (Lipinski definition) is 4. The summed E-state index contributed by atoms with van der Waals surface area (Å²) in [5, 5.41) is 18.4. The van der Waals surface area contributed by atoms with Crippen LogP contribution in [0.25, 0.3) is 0 Å². The van der Waals surface area contributed by atoms with Crippen molar-refractivity contribution in [3.63, 3.8) is 0 Å². The van der Waals surface area contributed by atoms with Gasteiger partial charge in [0.2, 0.25) is 11.8 Å². The minimum absolute atomic E-state index is 0.0809. The molecular weight excluding hydrogens is 572 g/mol. The van der Waals surface area contributed by atoms with Crippen LogP contribution in [0, 0.1) is 0 Å². The summed E-state index contributed by atoms with van der Waals surface area (Å²) in [5.74, 6) is -1.64. The predicted molar refractivity (Wildman–Crippen MR) is 172 cm³/mol. The van der Waals surface area contributed by atoms with Gasteiger partial charge in [-0.05, 0) is 59.2 Å². The number of anilines is 3. The Kier molecular flexibility index (Phi) is 9.43. The zero-order valence-electron chi connectivity index (χ0n) is 24.9. The topological polar surface area (TPSA) is 137 Å². The molecule has 4 N–H and O–H groups in total. The molecule has 1 heterocycles. The number of amides is 3. The van der Waals surface area contributed by atoms with E-state index in [4.69, 9.17) is 4.74 Å². The number of carbonyl (C=O) groups is 4. The van der Waals surface area contributed by atoms with Crippen molar-refractivity contribution < 1.29 is 29.0 Å². The minimum Gasteiger partial charge on any atom is -0.495 e. The van der Waals surface area contributed by atoms with Crippen molar-refractivity contribution in [1.82, 2.24) is 5.32 Å². The van der Waals surface area contributed by atoms with Crippen LogP contribution >= 0.6 is 0 Å². The number of fused-ring (bicyclic) bond motifs is 1. The van der Waals surface area contributed by atoms with Crippen LogP contribution in [0.15, 0.2) is 97.1 Å². The van der Waals surface area contributed by atoms with Crippen LogP contribution in [-0.4, -0.2) is 49.5 Å². The number of carboxylic acid groups (broad SMARTS) is 1. The average Bonchev–Trinajstić information content (AvgIpc) is 3.49. The first-order valence-electron chi connectivity index (χ1n) is 14.5. The van der Waals surface area contributed by atoms with Crippen LogP contribution in [0.4, 0.5) is 17.1 Å². The van der Waals surface area contributed by atoms with Crippen molar-refractivity contribution in [2.75, 3.05) is 36.2 Å². The quantitative estimate of drug-likeness (QED) is 0.189. The number of benzene rings is 4. The molecule has 45 heavy (non-hydrogen) atoms. The number of nitrogens with one attached hydrogen (secondary N) is 3. The Balaban J connectivity index is 1.23. The second-order valence-corrected chi connectivity index (χ2v) is 10.8.